The second-order valence-electron chi connectivity index (χ2n) is 8.83. The minimum absolute atomic E-state index is 0. The molecule has 3 fully saturated rings. The predicted molar refractivity (Wildman–Crippen MR) is 139 cm³/mol. The number of hydrogen-bond acceptors (Lipinski definition) is 6. The number of morpholine rings is 2. The lowest BCUT2D eigenvalue weighted by Crippen LogP contribution is -2.42. The summed E-state index contributed by atoms with van der Waals surface area (Å²) in [5.41, 5.74) is 1.20. The van der Waals surface area contributed by atoms with Crippen LogP contribution in [0.4, 0.5) is 5.82 Å². The van der Waals surface area contributed by atoms with Crippen molar-refractivity contribution in [2.75, 3.05) is 77.1 Å². The van der Waals surface area contributed by atoms with E-state index in [2.05, 4.69) is 51.0 Å². The Hall–Kier alpha value is -1.17. The Morgan fingerprint density at radius 2 is 2.03 bits per heavy atom. The van der Waals surface area contributed by atoms with Crippen LogP contribution in [0, 0.1) is 5.92 Å². The second kappa shape index (κ2) is 12.9. The van der Waals surface area contributed by atoms with Gasteiger partial charge in [0.15, 0.2) is 5.96 Å². The Bertz CT molecular complexity index is 730. The maximum Gasteiger partial charge on any atom is 0.194 e. The van der Waals surface area contributed by atoms with Crippen LogP contribution in [0.3, 0.4) is 0 Å². The topological polar surface area (TPSA) is 65.5 Å². The van der Waals surface area contributed by atoms with Gasteiger partial charge in [0, 0.05) is 58.6 Å². The third-order valence-electron chi connectivity index (χ3n) is 6.33. The number of rotatable bonds is 6. The van der Waals surface area contributed by atoms with E-state index in [0.717, 1.165) is 77.4 Å². The van der Waals surface area contributed by atoms with E-state index in [1.54, 1.807) is 0 Å². The molecule has 2 atom stereocenters. The number of anilines is 1. The van der Waals surface area contributed by atoms with Gasteiger partial charge in [0.05, 0.1) is 32.5 Å². The molecule has 0 spiro atoms. The van der Waals surface area contributed by atoms with Gasteiger partial charge in [-0.15, -0.1) is 24.0 Å². The van der Waals surface area contributed by atoms with Crippen molar-refractivity contribution < 1.29 is 9.47 Å². The smallest absolute Gasteiger partial charge is 0.194 e. The average Bonchev–Trinajstić information content (AvgIpc) is 3.26. The maximum absolute atomic E-state index is 5.66. The molecule has 0 radical (unpaired) electrons. The zero-order chi connectivity index (χ0) is 21.5. The number of aromatic nitrogens is 1. The van der Waals surface area contributed by atoms with E-state index in [1.807, 2.05) is 6.20 Å². The zero-order valence-electron chi connectivity index (χ0n) is 19.5. The van der Waals surface area contributed by atoms with Crippen molar-refractivity contribution >= 4 is 35.8 Å². The summed E-state index contributed by atoms with van der Waals surface area (Å²) in [4.78, 5) is 16.8. The van der Waals surface area contributed by atoms with Gasteiger partial charge in [0.2, 0.25) is 0 Å². The molecule has 0 bridgehead atoms. The quantitative estimate of drug-likeness (QED) is 0.326. The van der Waals surface area contributed by atoms with Crippen molar-refractivity contribution in [2.24, 2.45) is 10.9 Å². The van der Waals surface area contributed by atoms with Gasteiger partial charge in [-0.05, 0) is 43.9 Å². The van der Waals surface area contributed by atoms with Crippen LogP contribution in [0.15, 0.2) is 23.3 Å². The summed E-state index contributed by atoms with van der Waals surface area (Å²) in [5, 5.41) is 3.50. The predicted octanol–water partition coefficient (Wildman–Crippen LogP) is 2.04. The molecule has 1 aromatic heterocycles. The SMILES string of the molecule is CCNC(=NCc1ccnc(N2CCOC(C)C2)c1)N1CCC(CN2CCOCC2)C1.I. The highest BCUT2D eigenvalue weighted by Crippen LogP contribution is 2.20. The van der Waals surface area contributed by atoms with Crippen LogP contribution in [0.25, 0.3) is 0 Å². The fourth-order valence-corrected chi connectivity index (χ4v) is 4.67. The van der Waals surface area contributed by atoms with Gasteiger partial charge in [-0.1, -0.05) is 0 Å². The van der Waals surface area contributed by atoms with Gasteiger partial charge < -0.3 is 24.6 Å². The van der Waals surface area contributed by atoms with E-state index in [1.165, 1.54) is 18.5 Å². The normalized spacial score (nSPS) is 25.0. The van der Waals surface area contributed by atoms with E-state index in [4.69, 9.17) is 14.5 Å². The molecule has 0 amide bonds. The van der Waals surface area contributed by atoms with Crippen LogP contribution in [-0.2, 0) is 16.0 Å². The molecule has 1 N–H and O–H groups in total. The van der Waals surface area contributed by atoms with Crippen molar-refractivity contribution in [3.63, 3.8) is 0 Å². The molecule has 9 heteroatoms. The fraction of sp³-hybridized carbons (Fsp3) is 0.739. The number of likely N-dealkylation sites (tertiary alicyclic amines) is 1. The van der Waals surface area contributed by atoms with Gasteiger partial charge in [0.1, 0.15) is 5.82 Å². The first-order valence-corrected chi connectivity index (χ1v) is 11.9. The van der Waals surface area contributed by atoms with E-state index < -0.39 is 0 Å². The number of nitrogens with one attached hydrogen (secondary N) is 1. The van der Waals surface area contributed by atoms with Gasteiger partial charge in [-0.2, -0.15) is 0 Å². The minimum atomic E-state index is 0. The van der Waals surface area contributed by atoms with Crippen molar-refractivity contribution in [1.82, 2.24) is 20.1 Å². The Balaban J connectivity index is 0.00000289. The molecule has 3 aliphatic rings. The Kier molecular flexibility index (Phi) is 10.3. The largest absolute Gasteiger partial charge is 0.379 e. The molecule has 4 rings (SSSR count). The highest BCUT2D eigenvalue weighted by molar-refractivity contribution is 14.0. The number of nitrogens with zero attached hydrogens (tertiary/aromatic N) is 5. The first kappa shape index (κ1) is 25.5. The fourth-order valence-electron chi connectivity index (χ4n) is 4.67. The van der Waals surface area contributed by atoms with Crippen LogP contribution in [0.1, 0.15) is 25.8 Å². The second-order valence-corrected chi connectivity index (χ2v) is 8.83. The number of aliphatic imine (C=N–C) groups is 1. The molecule has 8 nitrogen and oxygen atoms in total. The molecule has 3 saturated heterocycles. The van der Waals surface area contributed by atoms with E-state index in [0.29, 0.717) is 12.5 Å². The monoisotopic (exact) mass is 558 g/mol. The van der Waals surface area contributed by atoms with Crippen molar-refractivity contribution in [2.45, 2.75) is 32.9 Å². The summed E-state index contributed by atoms with van der Waals surface area (Å²) in [5.74, 6) is 2.77. The number of ether oxygens (including phenoxy) is 2. The maximum atomic E-state index is 5.66. The Labute approximate surface area is 209 Å². The van der Waals surface area contributed by atoms with Crippen molar-refractivity contribution in [1.29, 1.82) is 0 Å². The van der Waals surface area contributed by atoms with Crippen LogP contribution in [0.5, 0.6) is 0 Å². The molecule has 0 aromatic carbocycles. The van der Waals surface area contributed by atoms with E-state index in [-0.39, 0.29) is 30.1 Å². The molecule has 32 heavy (non-hydrogen) atoms. The van der Waals surface area contributed by atoms with Crippen molar-refractivity contribution in [3.8, 4) is 0 Å². The van der Waals surface area contributed by atoms with Gasteiger partial charge >= 0.3 is 0 Å². The molecule has 4 heterocycles. The summed E-state index contributed by atoms with van der Waals surface area (Å²) < 4.78 is 11.2. The van der Waals surface area contributed by atoms with Crippen LogP contribution >= 0.6 is 24.0 Å². The highest BCUT2D eigenvalue weighted by atomic mass is 127. The minimum Gasteiger partial charge on any atom is -0.379 e. The Morgan fingerprint density at radius 1 is 1.19 bits per heavy atom. The summed E-state index contributed by atoms with van der Waals surface area (Å²) in [6.07, 6.45) is 3.39. The van der Waals surface area contributed by atoms with Crippen molar-refractivity contribution in [3.05, 3.63) is 23.9 Å². The zero-order valence-corrected chi connectivity index (χ0v) is 21.9. The lowest BCUT2D eigenvalue weighted by atomic mass is 10.1. The molecule has 0 saturated carbocycles. The van der Waals surface area contributed by atoms with E-state index in [9.17, 15) is 0 Å². The summed E-state index contributed by atoms with van der Waals surface area (Å²) in [6.45, 7) is 15.6. The highest BCUT2D eigenvalue weighted by Gasteiger charge is 2.27. The standard InChI is InChI=1S/C23H38N6O2.HI/c1-3-24-23(29-7-5-21(18-29)17-27-8-11-30-12-9-27)26-15-20-4-6-25-22(14-20)28-10-13-31-19(2)16-28;/h4,6,14,19,21H,3,5,7-13,15-18H2,1-2H3,(H,24,26);1H. The molecule has 3 aliphatic heterocycles. The third kappa shape index (κ3) is 7.16. The number of guanidine groups is 1. The lowest BCUT2D eigenvalue weighted by molar-refractivity contribution is 0.0315. The van der Waals surface area contributed by atoms with Gasteiger partial charge in [0.25, 0.3) is 0 Å². The van der Waals surface area contributed by atoms with Crippen LogP contribution in [-0.4, -0.2) is 99.0 Å². The summed E-state index contributed by atoms with van der Waals surface area (Å²) in [6, 6.07) is 4.25. The molecule has 1 aromatic rings. The molecule has 180 valence electrons. The lowest BCUT2D eigenvalue weighted by Gasteiger charge is -2.32. The molecule has 2 unspecified atom stereocenters. The summed E-state index contributed by atoms with van der Waals surface area (Å²) >= 11 is 0. The average molecular weight is 559 g/mol. The van der Waals surface area contributed by atoms with Crippen LogP contribution in [0.2, 0.25) is 0 Å². The molecule has 0 aliphatic carbocycles. The molecular formula is C23H39IN6O2. The first-order chi connectivity index (χ1) is 15.2. The molecular weight excluding hydrogens is 519 g/mol. The van der Waals surface area contributed by atoms with Gasteiger partial charge in [-0.25, -0.2) is 9.98 Å². The number of halogens is 1. The van der Waals surface area contributed by atoms with Crippen LogP contribution < -0.4 is 10.2 Å². The van der Waals surface area contributed by atoms with Gasteiger partial charge in [-0.3, -0.25) is 4.90 Å². The Morgan fingerprint density at radius 3 is 2.81 bits per heavy atom. The first-order valence-electron chi connectivity index (χ1n) is 11.9. The third-order valence-corrected chi connectivity index (χ3v) is 6.33. The summed E-state index contributed by atoms with van der Waals surface area (Å²) in [7, 11) is 0. The van der Waals surface area contributed by atoms with E-state index >= 15 is 0 Å². The number of pyridine rings is 1. The number of hydrogen-bond donors (Lipinski definition) is 1.